The zero-order valence-electron chi connectivity index (χ0n) is 15.2. The molecule has 30 heavy (non-hydrogen) atoms. The highest BCUT2D eigenvalue weighted by Crippen LogP contribution is 2.19. The zero-order chi connectivity index (χ0) is 21.9. The molecule has 3 aromatic rings. The molecule has 1 aliphatic heterocycles. The molecular formula is C19H15F5N4O2. The Bertz CT molecular complexity index is 1090. The van der Waals surface area contributed by atoms with Crippen LogP contribution < -0.4 is 10.6 Å². The van der Waals surface area contributed by atoms with Gasteiger partial charge < -0.3 is 15.7 Å². The molecule has 1 aliphatic rings. The highest BCUT2D eigenvalue weighted by atomic mass is 19.4. The number of carboxylic acid groups (broad SMARTS) is 1. The summed E-state index contributed by atoms with van der Waals surface area (Å²) in [6.07, 6.45) is -3.56. The summed E-state index contributed by atoms with van der Waals surface area (Å²) < 4.78 is 58.2. The fourth-order valence-electron chi connectivity index (χ4n) is 2.74. The molecule has 2 aromatic carbocycles. The number of benzene rings is 2. The molecule has 0 saturated carbocycles. The average molecular weight is 426 g/mol. The van der Waals surface area contributed by atoms with E-state index < -0.39 is 23.8 Å². The van der Waals surface area contributed by atoms with Crippen molar-refractivity contribution >= 4 is 22.8 Å². The van der Waals surface area contributed by atoms with Gasteiger partial charge in [-0.15, -0.1) is 0 Å². The first-order valence-corrected chi connectivity index (χ1v) is 8.60. The van der Waals surface area contributed by atoms with Crippen molar-refractivity contribution in [2.24, 2.45) is 0 Å². The van der Waals surface area contributed by atoms with Gasteiger partial charge in [-0.3, -0.25) is 4.98 Å². The van der Waals surface area contributed by atoms with Gasteiger partial charge in [-0.25, -0.2) is 18.6 Å². The van der Waals surface area contributed by atoms with E-state index in [1.807, 2.05) is 0 Å². The Morgan fingerprint density at radius 3 is 2.37 bits per heavy atom. The van der Waals surface area contributed by atoms with Crippen molar-refractivity contribution < 1.29 is 31.9 Å². The molecule has 0 saturated heterocycles. The van der Waals surface area contributed by atoms with Crippen LogP contribution >= 0.6 is 0 Å². The molecule has 0 fully saturated rings. The summed E-state index contributed by atoms with van der Waals surface area (Å²) in [7, 11) is 0. The first-order valence-electron chi connectivity index (χ1n) is 8.60. The van der Waals surface area contributed by atoms with Crippen LogP contribution in [0.15, 0.2) is 36.5 Å². The first-order chi connectivity index (χ1) is 14.1. The van der Waals surface area contributed by atoms with Gasteiger partial charge in [-0.1, -0.05) is 18.2 Å². The number of nitrogens with zero attached hydrogens (tertiary/aromatic N) is 2. The van der Waals surface area contributed by atoms with Crippen molar-refractivity contribution in [3.8, 4) is 0 Å². The number of carbonyl (C=O) groups is 1. The number of alkyl halides is 3. The summed E-state index contributed by atoms with van der Waals surface area (Å²) in [5.41, 5.74) is 4.44. The highest BCUT2D eigenvalue weighted by Gasteiger charge is 2.38. The monoisotopic (exact) mass is 426 g/mol. The van der Waals surface area contributed by atoms with Crippen LogP contribution in [0.3, 0.4) is 0 Å². The van der Waals surface area contributed by atoms with Gasteiger partial charge in [0.05, 0.1) is 17.2 Å². The lowest BCUT2D eigenvalue weighted by Gasteiger charge is -2.08. The molecule has 0 radical (unpaired) electrons. The van der Waals surface area contributed by atoms with Crippen LogP contribution in [-0.4, -0.2) is 27.2 Å². The summed E-state index contributed by atoms with van der Waals surface area (Å²) in [6.45, 7) is 2.41. The second kappa shape index (κ2) is 8.57. The predicted molar refractivity (Wildman–Crippen MR) is 97.5 cm³/mol. The van der Waals surface area contributed by atoms with E-state index in [-0.39, 0.29) is 0 Å². The summed E-state index contributed by atoms with van der Waals surface area (Å²) in [5.74, 6) is -4.07. The second-order valence-electron chi connectivity index (χ2n) is 6.37. The number of aromatic nitrogens is 2. The minimum atomic E-state index is -5.08. The highest BCUT2D eigenvalue weighted by molar-refractivity contribution is 5.75. The SMILES string of the molecule is Fc1cc2ncc(NCc3ccc4c(c3)CNC4)nc2cc1F.O=C(O)C(F)(F)F. The number of carboxylic acids is 1. The Labute approximate surface area is 166 Å². The van der Waals surface area contributed by atoms with Crippen LogP contribution in [0.4, 0.5) is 27.8 Å². The summed E-state index contributed by atoms with van der Waals surface area (Å²) in [4.78, 5) is 17.3. The molecule has 158 valence electrons. The van der Waals surface area contributed by atoms with Crippen molar-refractivity contribution in [2.75, 3.05) is 5.32 Å². The number of rotatable bonds is 3. The number of nitrogens with one attached hydrogen (secondary N) is 2. The normalized spacial score (nSPS) is 12.8. The van der Waals surface area contributed by atoms with Crippen molar-refractivity contribution in [1.29, 1.82) is 0 Å². The number of anilines is 1. The van der Waals surface area contributed by atoms with Gasteiger partial charge in [0.15, 0.2) is 11.6 Å². The minimum Gasteiger partial charge on any atom is -0.475 e. The molecule has 4 rings (SSSR count). The lowest BCUT2D eigenvalue weighted by atomic mass is 10.1. The Morgan fingerprint density at radius 1 is 1.07 bits per heavy atom. The van der Waals surface area contributed by atoms with E-state index in [9.17, 15) is 22.0 Å². The topological polar surface area (TPSA) is 87.1 Å². The zero-order valence-corrected chi connectivity index (χ0v) is 15.2. The van der Waals surface area contributed by atoms with Gasteiger partial charge in [-0.05, 0) is 16.7 Å². The number of fused-ring (bicyclic) bond motifs is 2. The van der Waals surface area contributed by atoms with Crippen LogP contribution in [0.25, 0.3) is 11.0 Å². The molecule has 0 bridgehead atoms. The first kappa shape index (κ1) is 21.4. The standard InChI is InChI=1S/C17H14F2N4.C2HF3O2/c18-13-4-15-16(5-14(13)19)23-17(9-21-15)22-6-10-1-2-11-7-20-8-12(11)3-10;3-2(4,5)1(6)7/h1-5,9,20H,6-8H2,(H,22,23);(H,6,7). The predicted octanol–water partition coefficient (Wildman–Crippen LogP) is 3.76. The Balaban J connectivity index is 0.000000318. The van der Waals surface area contributed by atoms with Crippen LogP contribution in [0.2, 0.25) is 0 Å². The maximum absolute atomic E-state index is 13.3. The maximum atomic E-state index is 13.3. The van der Waals surface area contributed by atoms with E-state index >= 15 is 0 Å². The number of halogens is 5. The van der Waals surface area contributed by atoms with E-state index in [1.54, 1.807) is 0 Å². The second-order valence-corrected chi connectivity index (χ2v) is 6.37. The smallest absolute Gasteiger partial charge is 0.475 e. The third kappa shape index (κ3) is 5.17. The fourth-order valence-corrected chi connectivity index (χ4v) is 2.74. The van der Waals surface area contributed by atoms with Crippen molar-refractivity contribution in [3.05, 3.63) is 64.9 Å². The van der Waals surface area contributed by atoms with E-state index in [0.717, 1.165) is 30.8 Å². The molecule has 2 heterocycles. The number of aliphatic carboxylic acids is 1. The Kier molecular flexibility index (Phi) is 6.11. The van der Waals surface area contributed by atoms with Crippen LogP contribution in [0, 0.1) is 11.6 Å². The molecule has 3 N–H and O–H groups in total. The third-order valence-electron chi connectivity index (χ3n) is 4.20. The molecule has 1 aromatic heterocycles. The van der Waals surface area contributed by atoms with Crippen LogP contribution in [0.5, 0.6) is 0 Å². The van der Waals surface area contributed by atoms with Gasteiger partial charge in [-0.2, -0.15) is 13.2 Å². The molecule has 0 amide bonds. The minimum absolute atomic E-state index is 0.326. The molecule has 0 aliphatic carbocycles. The van der Waals surface area contributed by atoms with Gasteiger partial charge in [0.25, 0.3) is 0 Å². The summed E-state index contributed by atoms with van der Waals surface area (Å²) in [6, 6.07) is 8.46. The van der Waals surface area contributed by atoms with Gasteiger partial charge in [0.1, 0.15) is 5.82 Å². The average Bonchev–Trinajstić information content (AvgIpc) is 3.15. The quantitative estimate of drug-likeness (QED) is 0.553. The summed E-state index contributed by atoms with van der Waals surface area (Å²) in [5, 5.41) is 13.6. The molecule has 0 spiro atoms. The Morgan fingerprint density at radius 2 is 1.70 bits per heavy atom. The van der Waals surface area contributed by atoms with Gasteiger partial charge in [0, 0.05) is 31.8 Å². The summed E-state index contributed by atoms with van der Waals surface area (Å²) >= 11 is 0. The third-order valence-corrected chi connectivity index (χ3v) is 4.20. The molecule has 11 heteroatoms. The number of hydrogen-bond acceptors (Lipinski definition) is 5. The molecule has 0 atom stereocenters. The molecule has 0 unspecified atom stereocenters. The fraction of sp³-hybridized carbons (Fsp3) is 0.211. The molecule has 6 nitrogen and oxygen atoms in total. The van der Waals surface area contributed by atoms with Crippen molar-refractivity contribution in [1.82, 2.24) is 15.3 Å². The van der Waals surface area contributed by atoms with Crippen LogP contribution in [0.1, 0.15) is 16.7 Å². The van der Waals surface area contributed by atoms with E-state index in [2.05, 4.69) is 38.8 Å². The van der Waals surface area contributed by atoms with E-state index in [0.29, 0.717) is 23.4 Å². The van der Waals surface area contributed by atoms with Gasteiger partial charge >= 0.3 is 12.1 Å². The lowest BCUT2D eigenvalue weighted by molar-refractivity contribution is -0.192. The van der Waals surface area contributed by atoms with Crippen molar-refractivity contribution in [2.45, 2.75) is 25.8 Å². The Hall–Kier alpha value is -3.34. The molecular weight excluding hydrogens is 411 g/mol. The van der Waals surface area contributed by atoms with Crippen LogP contribution in [-0.2, 0) is 24.4 Å². The largest absolute Gasteiger partial charge is 0.490 e. The maximum Gasteiger partial charge on any atom is 0.490 e. The van der Waals surface area contributed by atoms with E-state index in [4.69, 9.17) is 9.90 Å². The lowest BCUT2D eigenvalue weighted by Crippen LogP contribution is -2.21. The van der Waals surface area contributed by atoms with Gasteiger partial charge in [0.2, 0.25) is 0 Å². The number of hydrogen-bond donors (Lipinski definition) is 3. The van der Waals surface area contributed by atoms with Crippen molar-refractivity contribution in [3.63, 3.8) is 0 Å². The van der Waals surface area contributed by atoms with E-state index in [1.165, 1.54) is 17.3 Å².